The number of aromatic nitrogens is 2. The Morgan fingerprint density at radius 1 is 1.19 bits per heavy atom. The molecule has 0 aliphatic carbocycles. The van der Waals surface area contributed by atoms with Crippen LogP contribution in [0, 0.1) is 0 Å². The average molecular weight is 387 g/mol. The third-order valence-corrected chi connectivity index (χ3v) is 5.05. The van der Waals surface area contributed by atoms with Gasteiger partial charge in [0, 0.05) is 28.4 Å². The van der Waals surface area contributed by atoms with Crippen LogP contribution < -0.4 is 0 Å². The van der Waals surface area contributed by atoms with Crippen LogP contribution in [0.1, 0.15) is 36.3 Å². The molecular weight excluding hydrogens is 368 g/mol. The Balaban J connectivity index is 1.91. The van der Waals surface area contributed by atoms with Gasteiger partial charge >= 0.3 is 5.97 Å². The molecule has 0 unspecified atom stereocenters. The van der Waals surface area contributed by atoms with Gasteiger partial charge in [-0.2, -0.15) is 0 Å². The molecule has 0 saturated heterocycles. The van der Waals surface area contributed by atoms with Crippen molar-refractivity contribution in [2.24, 2.45) is 0 Å². The standard InChI is InChI=1S/C20H19ClN2O2S/c1-3-5-15-10-14(8-9-22-15)19-23-18(12-26-19)13-6-7-17(21)16(11-13)20(24)25-4-2/h6-12H,3-5H2,1-2H3. The largest absolute Gasteiger partial charge is 0.462 e. The number of benzene rings is 1. The minimum atomic E-state index is -0.423. The summed E-state index contributed by atoms with van der Waals surface area (Å²) >= 11 is 7.70. The van der Waals surface area contributed by atoms with Crippen molar-refractivity contribution < 1.29 is 9.53 Å². The topological polar surface area (TPSA) is 52.1 Å². The van der Waals surface area contributed by atoms with Crippen molar-refractivity contribution in [2.45, 2.75) is 26.7 Å². The summed E-state index contributed by atoms with van der Waals surface area (Å²) in [5.41, 5.74) is 4.12. The molecule has 2 heterocycles. The van der Waals surface area contributed by atoms with Crippen molar-refractivity contribution in [3.05, 3.63) is 58.2 Å². The molecule has 0 aliphatic rings. The maximum atomic E-state index is 12.0. The number of carbonyl (C=O) groups is 1. The number of aryl methyl sites for hydroxylation is 1. The fourth-order valence-corrected chi connectivity index (χ4v) is 3.61. The number of halogens is 1. The minimum absolute atomic E-state index is 0.308. The van der Waals surface area contributed by atoms with Gasteiger partial charge in [-0.15, -0.1) is 11.3 Å². The molecule has 2 aromatic heterocycles. The Kier molecular flexibility index (Phi) is 6.01. The molecule has 6 heteroatoms. The second-order valence-corrected chi connectivity index (χ2v) is 7.00. The average Bonchev–Trinajstić information content (AvgIpc) is 3.13. The Morgan fingerprint density at radius 3 is 2.81 bits per heavy atom. The smallest absolute Gasteiger partial charge is 0.339 e. The van der Waals surface area contributed by atoms with Gasteiger partial charge in [-0.25, -0.2) is 9.78 Å². The van der Waals surface area contributed by atoms with E-state index < -0.39 is 5.97 Å². The summed E-state index contributed by atoms with van der Waals surface area (Å²) < 4.78 is 5.06. The molecule has 0 bridgehead atoms. The van der Waals surface area contributed by atoms with E-state index in [2.05, 4.69) is 18.0 Å². The van der Waals surface area contributed by atoms with Crippen LogP contribution in [-0.2, 0) is 11.2 Å². The van der Waals surface area contributed by atoms with Gasteiger partial charge in [-0.3, -0.25) is 4.98 Å². The van der Waals surface area contributed by atoms with Crippen LogP contribution in [0.25, 0.3) is 21.8 Å². The number of thiazole rings is 1. The van der Waals surface area contributed by atoms with Crippen molar-refractivity contribution >= 4 is 28.9 Å². The number of hydrogen-bond donors (Lipinski definition) is 0. The molecule has 0 aliphatic heterocycles. The number of pyridine rings is 1. The molecule has 0 N–H and O–H groups in total. The van der Waals surface area contributed by atoms with E-state index in [1.54, 1.807) is 30.4 Å². The predicted octanol–water partition coefficient (Wildman–Crippen LogP) is 5.65. The summed E-state index contributed by atoms with van der Waals surface area (Å²) in [5.74, 6) is -0.423. The number of hydrogen-bond acceptors (Lipinski definition) is 5. The number of nitrogens with zero attached hydrogens (tertiary/aromatic N) is 2. The van der Waals surface area contributed by atoms with E-state index in [0.717, 1.165) is 40.4 Å². The molecule has 0 radical (unpaired) electrons. The first-order valence-corrected chi connectivity index (χ1v) is 9.76. The molecule has 3 aromatic rings. The van der Waals surface area contributed by atoms with Crippen LogP contribution in [0.5, 0.6) is 0 Å². The summed E-state index contributed by atoms with van der Waals surface area (Å²) in [6.45, 7) is 4.21. The maximum Gasteiger partial charge on any atom is 0.339 e. The molecule has 0 atom stereocenters. The summed E-state index contributed by atoms with van der Waals surface area (Å²) in [5, 5.41) is 3.28. The van der Waals surface area contributed by atoms with E-state index in [4.69, 9.17) is 21.3 Å². The second-order valence-electron chi connectivity index (χ2n) is 5.74. The lowest BCUT2D eigenvalue weighted by Crippen LogP contribution is -2.05. The highest BCUT2D eigenvalue weighted by molar-refractivity contribution is 7.13. The highest BCUT2D eigenvalue weighted by atomic mass is 35.5. The minimum Gasteiger partial charge on any atom is -0.462 e. The van der Waals surface area contributed by atoms with E-state index in [9.17, 15) is 4.79 Å². The highest BCUT2D eigenvalue weighted by Gasteiger charge is 2.14. The van der Waals surface area contributed by atoms with Gasteiger partial charge < -0.3 is 4.74 Å². The first kappa shape index (κ1) is 18.5. The highest BCUT2D eigenvalue weighted by Crippen LogP contribution is 2.31. The Bertz CT molecular complexity index is 924. The summed E-state index contributed by atoms with van der Waals surface area (Å²) in [6.07, 6.45) is 3.83. The van der Waals surface area contributed by atoms with E-state index >= 15 is 0 Å². The van der Waals surface area contributed by atoms with E-state index in [1.165, 1.54) is 0 Å². The lowest BCUT2D eigenvalue weighted by Gasteiger charge is -2.06. The molecule has 1 aromatic carbocycles. The van der Waals surface area contributed by atoms with Gasteiger partial charge in [0.15, 0.2) is 0 Å². The number of rotatable bonds is 6. The van der Waals surface area contributed by atoms with Crippen molar-refractivity contribution in [2.75, 3.05) is 6.61 Å². The van der Waals surface area contributed by atoms with Crippen LogP contribution >= 0.6 is 22.9 Å². The van der Waals surface area contributed by atoms with Crippen LogP contribution in [-0.4, -0.2) is 22.5 Å². The van der Waals surface area contributed by atoms with Gasteiger partial charge in [0.25, 0.3) is 0 Å². The molecule has 0 amide bonds. The first-order valence-electron chi connectivity index (χ1n) is 8.50. The molecule has 26 heavy (non-hydrogen) atoms. The third kappa shape index (κ3) is 4.11. The van der Waals surface area contributed by atoms with Gasteiger partial charge in [0.1, 0.15) is 5.01 Å². The third-order valence-electron chi connectivity index (χ3n) is 3.83. The zero-order valence-electron chi connectivity index (χ0n) is 14.7. The van der Waals surface area contributed by atoms with Gasteiger partial charge in [-0.05, 0) is 37.6 Å². The molecular formula is C20H19ClN2O2S. The zero-order chi connectivity index (χ0) is 18.5. The Labute approximate surface area is 161 Å². The van der Waals surface area contributed by atoms with Crippen LogP contribution in [0.4, 0.5) is 0 Å². The van der Waals surface area contributed by atoms with Gasteiger partial charge in [0.2, 0.25) is 0 Å². The fourth-order valence-electron chi connectivity index (χ4n) is 2.59. The van der Waals surface area contributed by atoms with Crippen molar-refractivity contribution in [3.8, 4) is 21.8 Å². The maximum absolute atomic E-state index is 12.0. The summed E-state index contributed by atoms with van der Waals surface area (Å²) in [6, 6.07) is 9.34. The van der Waals surface area contributed by atoms with Crippen LogP contribution in [0.15, 0.2) is 41.9 Å². The first-order chi connectivity index (χ1) is 12.6. The van der Waals surface area contributed by atoms with Crippen LogP contribution in [0.2, 0.25) is 5.02 Å². The predicted molar refractivity (Wildman–Crippen MR) is 106 cm³/mol. The van der Waals surface area contributed by atoms with Crippen LogP contribution in [0.3, 0.4) is 0 Å². The second kappa shape index (κ2) is 8.43. The van der Waals surface area contributed by atoms with E-state index in [-0.39, 0.29) is 0 Å². The molecule has 0 saturated carbocycles. The van der Waals surface area contributed by atoms with Crippen molar-refractivity contribution in [1.82, 2.24) is 9.97 Å². The lowest BCUT2D eigenvalue weighted by molar-refractivity contribution is 0.0526. The fraction of sp³-hybridized carbons (Fsp3) is 0.250. The van der Waals surface area contributed by atoms with Crippen molar-refractivity contribution in [1.29, 1.82) is 0 Å². The molecule has 0 fully saturated rings. The quantitative estimate of drug-likeness (QED) is 0.513. The lowest BCUT2D eigenvalue weighted by atomic mass is 10.1. The molecule has 4 nitrogen and oxygen atoms in total. The monoisotopic (exact) mass is 386 g/mol. The van der Waals surface area contributed by atoms with E-state index in [0.29, 0.717) is 17.2 Å². The number of carbonyl (C=O) groups excluding carboxylic acids is 1. The summed E-state index contributed by atoms with van der Waals surface area (Å²) in [7, 11) is 0. The molecule has 0 spiro atoms. The normalized spacial score (nSPS) is 10.7. The van der Waals surface area contributed by atoms with E-state index in [1.807, 2.05) is 23.7 Å². The Hall–Kier alpha value is -2.24. The number of ether oxygens (including phenoxy) is 1. The number of esters is 1. The molecule has 3 rings (SSSR count). The molecule has 134 valence electrons. The van der Waals surface area contributed by atoms with Crippen molar-refractivity contribution in [3.63, 3.8) is 0 Å². The summed E-state index contributed by atoms with van der Waals surface area (Å²) in [4.78, 5) is 21.2. The Morgan fingerprint density at radius 2 is 2.04 bits per heavy atom. The van der Waals surface area contributed by atoms with Gasteiger partial charge in [0.05, 0.1) is 22.9 Å². The van der Waals surface area contributed by atoms with Gasteiger partial charge in [-0.1, -0.05) is 31.0 Å². The SMILES string of the molecule is CCCc1cc(-c2nc(-c3ccc(Cl)c(C(=O)OCC)c3)cs2)ccn1. The zero-order valence-corrected chi connectivity index (χ0v) is 16.2.